The SMILES string of the molecule is c1ccc(-c2nc(-c3ccc(-c4cccnc4)cc3)cc(-c3ccc(-c4ccc5c(c4)oc4ccccc45)c4c3oc3ccccc34)n2)cc1. The molecule has 0 aliphatic rings. The van der Waals surface area contributed by atoms with E-state index >= 15 is 0 Å². The summed E-state index contributed by atoms with van der Waals surface area (Å²) in [6, 6.07) is 51.8. The van der Waals surface area contributed by atoms with Crippen molar-refractivity contribution >= 4 is 43.9 Å². The fourth-order valence-electron chi connectivity index (χ4n) is 6.98. The van der Waals surface area contributed by atoms with Gasteiger partial charge in [0.2, 0.25) is 0 Å². The summed E-state index contributed by atoms with van der Waals surface area (Å²) >= 11 is 0. The minimum absolute atomic E-state index is 0.651. The van der Waals surface area contributed by atoms with Crippen molar-refractivity contribution in [1.82, 2.24) is 15.0 Å². The maximum Gasteiger partial charge on any atom is 0.160 e. The number of aromatic nitrogens is 3. The zero-order valence-corrected chi connectivity index (χ0v) is 26.7. The summed E-state index contributed by atoms with van der Waals surface area (Å²) < 4.78 is 13.0. The van der Waals surface area contributed by atoms with Crippen LogP contribution in [0.15, 0.2) is 173 Å². The number of para-hydroxylation sites is 2. The second kappa shape index (κ2) is 11.4. The lowest BCUT2D eigenvalue weighted by Gasteiger charge is -2.12. The van der Waals surface area contributed by atoms with E-state index in [1.54, 1.807) is 6.20 Å². The molecule has 50 heavy (non-hydrogen) atoms. The number of furan rings is 2. The lowest BCUT2D eigenvalue weighted by atomic mass is 9.95. The van der Waals surface area contributed by atoms with E-state index in [4.69, 9.17) is 18.8 Å². The first-order valence-corrected chi connectivity index (χ1v) is 16.6. The van der Waals surface area contributed by atoms with E-state index in [-0.39, 0.29) is 0 Å². The van der Waals surface area contributed by atoms with Gasteiger partial charge in [-0.15, -0.1) is 0 Å². The summed E-state index contributed by atoms with van der Waals surface area (Å²) in [5.41, 5.74) is 12.1. The summed E-state index contributed by atoms with van der Waals surface area (Å²) in [7, 11) is 0. The number of nitrogens with zero attached hydrogens (tertiary/aromatic N) is 3. The molecule has 5 nitrogen and oxygen atoms in total. The highest BCUT2D eigenvalue weighted by Crippen LogP contribution is 2.43. The van der Waals surface area contributed by atoms with Crippen molar-refractivity contribution in [1.29, 1.82) is 0 Å². The first kappa shape index (κ1) is 28.2. The van der Waals surface area contributed by atoms with Crippen molar-refractivity contribution in [2.45, 2.75) is 0 Å². The van der Waals surface area contributed by atoms with E-state index in [0.29, 0.717) is 5.82 Å². The van der Waals surface area contributed by atoms with Crippen LogP contribution in [0.3, 0.4) is 0 Å². The van der Waals surface area contributed by atoms with Crippen LogP contribution in [0.1, 0.15) is 0 Å². The van der Waals surface area contributed by atoms with E-state index in [0.717, 1.165) is 94.2 Å². The Kier molecular flexibility index (Phi) is 6.42. The van der Waals surface area contributed by atoms with Crippen molar-refractivity contribution < 1.29 is 8.83 Å². The number of hydrogen-bond acceptors (Lipinski definition) is 5. The molecule has 10 rings (SSSR count). The molecule has 0 amide bonds. The van der Waals surface area contributed by atoms with Crippen LogP contribution >= 0.6 is 0 Å². The molecule has 0 N–H and O–H groups in total. The van der Waals surface area contributed by atoms with Gasteiger partial charge in [-0.05, 0) is 64.7 Å². The Morgan fingerprint density at radius 1 is 0.400 bits per heavy atom. The zero-order chi connectivity index (χ0) is 33.0. The van der Waals surface area contributed by atoms with E-state index in [1.165, 1.54) is 0 Å². The second-order valence-electron chi connectivity index (χ2n) is 12.4. The van der Waals surface area contributed by atoms with Crippen LogP contribution in [0.25, 0.3) is 100 Å². The Hall–Kier alpha value is -6.85. The predicted octanol–water partition coefficient (Wildman–Crippen LogP) is 12.0. The fourth-order valence-corrected chi connectivity index (χ4v) is 6.98. The van der Waals surface area contributed by atoms with Gasteiger partial charge in [0.15, 0.2) is 5.82 Å². The van der Waals surface area contributed by atoms with Gasteiger partial charge in [0.25, 0.3) is 0 Å². The molecule has 0 bridgehead atoms. The third-order valence-electron chi connectivity index (χ3n) is 9.43. The fraction of sp³-hybridized carbons (Fsp3) is 0. The number of rotatable bonds is 5. The van der Waals surface area contributed by atoms with Crippen molar-refractivity contribution in [2.24, 2.45) is 0 Å². The topological polar surface area (TPSA) is 65.0 Å². The molecule has 0 spiro atoms. The van der Waals surface area contributed by atoms with Gasteiger partial charge in [-0.3, -0.25) is 4.98 Å². The van der Waals surface area contributed by atoms with Crippen LogP contribution in [0.4, 0.5) is 0 Å². The van der Waals surface area contributed by atoms with Gasteiger partial charge in [-0.25, -0.2) is 9.97 Å². The third-order valence-corrected chi connectivity index (χ3v) is 9.43. The lowest BCUT2D eigenvalue weighted by Crippen LogP contribution is -1.96. The largest absolute Gasteiger partial charge is 0.456 e. The normalized spacial score (nSPS) is 11.6. The van der Waals surface area contributed by atoms with E-state index < -0.39 is 0 Å². The molecule has 4 heterocycles. The Morgan fingerprint density at radius 2 is 1.06 bits per heavy atom. The van der Waals surface area contributed by atoms with E-state index in [2.05, 4.69) is 89.9 Å². The predicted molar refractivity (Wildman–Crippen MR) is 202 cm³/mol. The molecule has 0 radical (unpaired) electrons. The Bertz CT molecular complexity index is 2850. The van der Waals surface area contributed by atoms with Crippen LogP contribution in [-0.2, 0) is 0 Å². The molecule has 0 atom stereocenters. The first-order valence-electron chi connectivity index (χ1n) is 16.6. The van der Waals surface area contributed by atoms with Crippen molar-refractivity contribution in [3.05, 3.63) is 164 Å². The molecule has 4 aromatic heterocycles. The van der Waals surface area contributed by atoms with Crippen LogP contribution in [-0.4, -0.2) is 15.0 Å². The zero-order valence-electron chi connectivity index (χ0n) is 26.7. The van der Waals surface area contributed by atoms with Crippen LogP contribution in [0.2, 0.25) is 0 Å². The molecule has 234 valence electrons. The molecule has 0 unspecified atom stereocenters. The smallest absolute Gasteiger partial charge is 0.160 e. The van der Waals surface area contributed by atoms with Crippen molar-refractivity contribution in [3.8, 4) is 56.2 Å². The molecule has 6 aromatic carbocycles. The van der Waals surface area contributed by atoms with Gasteiger partial charge in [0.05, 0.1) is 11.4 Å². The summed E-state index contributed by atoms with van der Waals surface area (Å²) in [5, 5.41) is 4.30. The molecular weight excluding hydrogens is 615 g/mol. The molecule has 0 saturated carbocycles. The summed E-state index contributed by atoms with van der Waals surface area (Å²) in [4.78, 5) is 14.5. The van der Waals surface area contributed by atoms with Crippen LogP contribution < -0.4 is 0 Å². The first-order chi connectivity index (χ1) is 24.8. The maximum absolute atomic E-state index is 6.70. The van der Waals surface area contributed by atoms with Gasteiger partial charge >= 0.3 is 0 Å². The Labute approximate surface area is 287 Å². The molecule has 5 heteroatoms. The van der Waals surface area contributed by atoms with Gasteiger partial charge in [-0.1, -0.05) is 109 Å². The number of fused-ring (bicyclic) bond motifs is 6. The van der Waals surface area contributed by atoms with Gasteiger partial charge in [-0.2, -0.15) is 0 Å². The minimum atomic E-state index is 0.651. The molecular formula is C45H27N3O2. The monoisotopic (exact) mass is 641 g/mol. The average molecular weight is 642 g/mol. The van der Waals surface area contributed by atoms with Gasteiger partial charge in [0, 0.05) is 50.6 Å². The highest BCUT2D eigenvalue weighted by Gasteiger charge is 2.20. The molecule has 0 aliphatic heterocycles. The molecule has 10 aromatic rings. The van der Waals surface area contributed by atoms with Gasteiger partial charge in [0.1, 0.15) is 22.3 Å². The van der Waals surface area contributed by atoms with E-state index in [1.807, 2.05) is 72.9 Å². The molecule has 0 saturated heterocycles. The Morgan fingerprint density at radius 3 is 1.88 bits per heavy atom. The van der Waals surface area contributed by atoms with Gasteiger partial charge < -0.3 is 8.83 Å². The standard InChI is InChI=1S/C45H27N3O2/c1-2-9-30(10-3-1)45-47-38(29-18-16-28(17-19-29)32-11-8-24-46-27-32)26-39(48-45)36-23-22-33(43-37-13-5-7-15-41(37)50-44(36)43)31-20-21-35-34-12-4-6-14-40(34)49-42(35)25-31/h1-27H. The van der Waals surface area contributed by atoms with Crippen molar-refractivity contribution in [3.63, 3.8) is 0 Å². The second-order valence-corrected chi connectivity index (χ2v) is 12.4. The minimum Gasteiger partial charge on any atom is -0.456 e. The third kappa shape index (κ3) is 4.67. The number of benzene rings is 6. The highest BCUT2D eigenvalue weighted by molar-refractivity contribution is 6.17. The summed E-state index contributed by atoms with van der Waals surface area (Å²) in [6.07, 6.45) is 3.67. The van der Waals surface area contributed by atoms with Crippen LogP contribution in [0.5, 0.6) is 0 Å². The van der Waals surface area contributed by atoms with Crippen molar-refractivity contribution in [2.75, 3.05) is 0 Å². The number of hydrogen-bond donors (Lipinski definition) is 0. The maximum atomic E-state index is 6.70. The quantitative estimate of drug-likeness (QED) is 0.187. The highest BCUT2D eigenvalue weighted by atomic mass is 16.3. The lowest BCUT2D eigenvalue weighted by molar-refractivity contribution is 0.668. The average Bonchev–Trinajstić information content (AvgIpc) is 3.77. The molecule has 0 aliphatic carbocycles. The Balaban J connectivity index is 1.17. The van der Waals surface area contributed by atoms with E-state index in [9.17, 15) is 0 Å². The number of pyridine rings is 1. The summed E-state index contributed by atoms with van der Waals surface area (Å²) in [5.74, 6) is 0.651. The summed E-state index contributed by atoms with van der Waals surface area (Å²) in [6.45, 7) is 0. The van der Waals surface area contributed by atoms with Crippen LogP contribution in [0, 0.1) is 0 Å². The molecule has 0 fully saturated rings.